The van der Waals surface area contributed by atoms with Crippen molar-refractivity contribution >= 4 is 61.4 Å². The van der Waals surface area contributed by atoms with E-state index in [1.807, 2.05) is 6.92 Å². The van der Waals surface area contributed by atoms with Gasteiger partial charge in [0.05, 0.1) is 21.1 Å². The molecule has 4 aromatic rings. The molecule has 0 radical (unpaired) electrons. The Labute approximate surface area is 206 Å². The van der Waals surface area contributed by atoms with Crippen LogP contribution in [0.1, 0.15) is 28.9 Å². The topological polar surface area (TPSA) is 122 Å². The first-order chi connectivity index (χ1) is 16.1. The minimum atomic E-state index is -2.34. The highest BCUT2D eigenvalue weighted by Crippen LogP contribution is 2.34. The molecule has 0 spiro atoms. The Morgan fingerprint density at radius 3 is 2.53 bits per heavy atom. The first kappa shape index (κ1) is 23.9. The second-order valence-corrected chi connectivity index (χ2v) is 11.0. The molecule has 0 fully saturated rings. The van der Waals surface area contributed by atoms with Gasteiger partial charge in [0.2, 0.25) is 0 Å². The lowest BCUT2D eigenvalue weighted by Crippen LogP contribution is -2.12. The number of aromatic amines is 1. The Balaban J connectivity index is 1.55. The lowest BCUT2D eigenvalue weighted by atomic mass is 10.1. The number of halogens is 2. The molecule has 3 heterocycles. The molecule has 1 aromatic carbocycles. The molecule has 1 amide bonds. The average molecular weight is 519 g/mol. The zero-order chi connectivity index (χ0) is 24.5. The normalized spacial score (nSPS) is 12.4. The van der Waals surface area contributed by atoms with Crippen LogP contribution in [0.5, 0.6) is 5.75 Å². The van der Waals surface area contributed by atoms with E-state index in [1.54, 1.807) is 24.3 Å². The Kier molecular flexibility index (Phi) is 6.74. The third-order valence-corrected chi connectivity index (χ3v) is 5.93. The zero-order valence-corrected chi connectivity index (χ0v) is 20.7. The summed E-state index contributed by atoms with van der Waals surface area (Å²) in [6.45, 7) is 1.83. The summed E-state index contributed by atoms with van der Waals surface area (Å²) < 4.78 is 21.8. The number of fused-ring (bicyclic) bond motifs is 1. The van der Waals surface area contributed by atoms with Crippen LogP contribution >= 0.6 is 23.2 Å². The van der Waals surface area contributed by atoms with E-state index >= 15 is 0 Å². The number of aromatic nitrogens is 4. The third kappa shape index (κ3) is 5.46. The van der Waals surface area contributed by atoms with Crippen molar-refractivity contribution in [2.24, 2.45) is 4.36 Å². The maximum Gasteiger partial charge on any atom is 0.258 e. The first-order valence-corrected chi connectivity index (χ1v) is 13.1. The molecule has 0 saturated heterocycles. The predicted molar refractivity (Wildman–Crippen MR) is 134 cm³/mol. The monoisotopic (exact) mass is 518 g/mol. The van der Waals surface area contributed by atoms with E-state index in [0.717, 1.165) is 0 Å². The van der Waals surface area contributed by atoms with Gasteiger partial charge in [0.15, 0.2) is 11.6 Å². The van der Waals surface area contributed by atoms with Gasteiger partial charge in [-0.3, -0.25) is 14.9 Å². The van der Waals surface area contributed by atoms with Crippen LogP contribution in [0.2, 0.25) is 10.0 Å². The van der Waals surface area contributed by atoms with Gasteiger partial charge in [-0.2, -0.15) is 9.46 Å². The number of H-pyrrole nitrogens is 1. The molecular weight excluding hydrogens is 499 g/mol. The van der Waals surface area contributed by atoms with Gasteiger partial charge in [-0.15, -0.1) is 0 Å². The van der Waals surface area contributed by atoms with E-state index in [-0.39, 0.29) is 0 Å². The van der Waals surface area contributed by atoms with Crippen LogP contribution in [-0.2, 0) is 9.73 Å². The molecule has 4 rings (SSSR count). The number of amides is 1. The van der Waals surface area contributed by atoms with Crippen molar-refractivity contribution in [1.82, 2.24) is 20.2 Å². The van der Waals surface area contributed by atoms with E-state index in [9.17, 15) is 9.00 Å². The number of rotatable bonds is 6. The van der Waals surface area contributed by atoms with Gasteiger partial charge in [0.1, 0.15) is 11.9 Å². The van der Waals surface area contributed by atoms with Gasteiger partial charge in [-0.25, -0.2) is 9.19 Å². The third-order valence-electron chi connectivity index (χ3n) is 4.70. The van der Waals surface area contributed by atoms with Crippen molar-refractivity contribution < 1.29 is 13.7 Å². The smallest absolute Gasteiger partial charge is 0.258 e. The number of hydrogen-bond acceptors (Lipinski definition) is 7. The Hall–Kier alpha value is -3.21. The zero-order valence-electron chi connectivity index (χ0n) is 18.4. The Morgan fingerprint density at radius 1 is 1.15 bits per heavy atom. The Bertz CT molecular complexity index is 1470. The van der Waals surface area contributed by atoms with Crippen LogP contribution in [0.3, 0.4) is 0 Å². The van der Waals surface area contributed by atoms with Crippen LogP contribution in [0.4, 0.5) is 11.6 Å². The van der Waals surface area contributed by atoms with E-state index < -0.39 is 21.7 Å². The van der Waals surface area contributed by atoms with Crippen LogP contribution in [-0.4, -0.2) is 42.8 Å². The van der Waals surface area contributed by atoms with Crippen molar-refractivity contribution in [3.05, 3.63) is 70.1 Å². The molecule has 1 atom stereocenters. The number of hydrogen-bond donors (Lipinski definition) is 2. The number of carbonyl (C=O) groups excluding carboxylic acids is 1. The van der Waals surface area contributed by atoms with Gasteiger partial charge >= 0.3 is 0 Å². The standard InChI is InChI=1S/C22H20Cl2N6O3S/c1-12(20-16(23)10-25-11-17(20)24)33-14-5-6-18-15(8-14)21(29-28-18)27-22(31)13-4-7-19(26-9-13)30-34(2,3)32/h4-12H,1-3H3,(H2,27,28,29,31). The van der Waals surface area contributed by atoms with Crippen molar-refractivity contribution in [2.45, 2.75) is 13.0 Å². The molecule has 0 aliphatic rings. The number of nitrogens with zero attached hydrogens (tertiary/aromatic N) is 4. The number of benzene rings is 1. The van der Waals surface area contributed by atoms with Crippen LogP contribution in [0, 0.1) is 0 Å². The van der Waals surface area contributed by atoms with Crippen LogP contribution in [0.15, 0.2) is 53.3 Å². The maximum atomic E-state index is 12.7. The minimum absolute atomic E-state index is 0.294. The highest BCUT2D eigenvalue weighted by atomic mass is 35.5. The molecular formula is C22H20Cl2N6O3S. The molecule has 0 aliphatic carbocycles. The van der Waals surface area contributed by atoms with Gasteiger partial charge in [0, 0.05) is 51.8 Å². The van der Waals surface area contributed by atoms with E-state index in [4.69, 9.17) is 27.9 Å². The molecule has 34 heavy (non-hydrogen) atoms. The summed E-state index contributed by atoms with van der Waals surface area (Å²) in [6.07, 6.45) is 6.96. The van der Waals surface area contributed by atoms with E-state index in [2.05, 4.69) is 29.8 Å². The lowest BCUT2D eigenvalue weighted by molar-refractivity contribution is 0.102. The summed E-state index contributed by atoms with van der Waals surface area (Å²) in [5, 5.41) is 11.3. The van der Waals surface area contributed by atoms with Crippen molar-refractivity contribution in [3.63, 3.8) is 0 Å². The van der Waals surface area contributed by atoms with Crippen molar-refractivity contribution in [1.29, 1.82) is 0 Å². The summed E-state index contributed by atoms with van der Waals surface area (Å²) in [5.41, 5.74) is 1.64. The van der Waals surface area contributed by atoms with Crippen molar-refractivity contribution in [2.75, 3.05) is 17.8 Å². The van der Waals surface area contributed by atoms with Crippen LogP contribution in [0.25, 0.3) is 10.9 Å². The number of ether oxygens (including phenoxy) is 1. The molecule has 2 N–H and O–H groups in total. The number of pyridine rings is 2. The highest BCUT2D eigenvalue weighted by molar-refractivity contribution is 7.92. The molecule has 176 valence electrons. The van der Waals surface area contributed by atoms with Gasteiger partial charge in [-0.1, -0.05) is 23.2 Å². The number of carbonyl (C=O) groups is 1. The highest BCUT2D eigenvalue weighted by Gasteiger charge is 2.17. The second-order valence-electron chi connectivity index (χ2n) is 7.69. The average Bonchev–Trinajstić information content (AvgIpc) is 3.15. The molecule has 0 bridgehead atoms. The number of nitrogens with one attached hydrogen (secondary N) is 2. The fourth-order valence-electron chi connectivity index (χ4n) is 3.21. The summed E-state index contributed by atoms with van der Waals surface area (Å²) in [6, 6.07) is 8.41. The van der Waals surface area contributed by atoms with Gasteiger partial charge in [0.25, 0.3) is 5.91 Å². The second kappa shape index (κ2) is 9.57. The summed E-state index contributed by atoms with van der Waals surface area (Å²) in [4.78, 5) is 20.8. The van der Waals surface area contributed by atoms with Crippen molar-refractivity contribution in [3.8, 4) is 5.75 Å². The fourth-order valence-corrected chi connectivity index (χ4v) is 4.44. The minimum Gasteiger partial charge on any atom is -0.486 e. The summed E-state index contributed by atoms with van der Waals surface area (Å²) >= 11 is 12.5. The number of anilines is 1. The molecule has 9 nitrogen and oxygen atoms in total. The van der Waals surface area contributed by atoms with E-state index in [1.165, 1.54) is 37.2 Å². The SMILES string of the molecule is CC(Oc1ccc2[nH]nc(NC(=O)c3ccc(N=S(C)(C)=O)nc3)c2c1)c1c(Cl)cncc1Cl. The van der Waals surface area contributed by atoms with Gasteiger partial charge < -0.3 is 10.1 Å². The molecule has 0 saturated carbocycles. The Morgan fingerprint density at radius 2 is 1.88 bits per heavy atom. The summed E-state index contributed by atoms with van der Waals surface area (Å²) in [5.74, 6) is 0.756. The largest absolute Gasteiger partial charge is 0.486 e. The molecule has 1 unspecified atom stereocenters. The lowest BCUT2D eigenvalue weighted by Gasteiger charge is -2.17. The van der Waals surface area contributed by atoms with E-state index in [0.29, 0.717) is 49.5 Å². The summed E-state index contributed by atoms with van der Waals surface area (Å²) in [7, 11) is -2.34. The quantitative estimate of drug-likeness (QED) is 0.351. The predicted octanol–water partition coefficient (Wildman–Crippen LogP) is 5.41. The van der Waals surface area contributed by atoms with Gasteiger partial charge in [-0.05, 0) is 37.3 Å². The molecule has 0 aliphatic heterocycles. The molecule has 12 heteroatoms. The first-order valence-electron chi connectivity index (χ1n) is 9.99. The molecule has 3 aromatic heterocycles. The maximum absolute atomic E-state index is 12.7. The fraction of sp³-hybridized carbons (Fsp3) is 0.182. The van der Waals surface area contributed by atoms with Crippen LogP contribution < -0.4 is 10.1 Å².